The van der Waals surface area contributed by atoms with E-state index in [1.165, 1.54) is 11.8 Å². The molecule has 1 amide bonds. The molecule has 2 saturated heterocycles. The number of phosphoric ester groups is 1. The monoisotopic (exact) mass is 619 g/mol. The molecule has 2 fully saturated rings. The van der Waals surface area contributed by atoms with Crippen molar-refractivity contribution >= 4 is 25.5 Å². The van der Waals surface area contributed by atoms with Crippen molar-refractivity contribution in [2.75, 3.05) is 26.6 Å². The van der Waals surface area contributed by atoms with E-state index < -0.39 is 38.5 Å². The predicted molar refractivity (Wildman–Crippen MR) is 148 cm³/mol. The van der Waals surface area contributed by atoms with E-state index in [1.807, 2.05) is 29.3 Å². The van der Waals surface area contributed by atoms with E-state index in [2.05, 4.69) is 11.1 Å². The van der Waals surface area contributed by atoms with Crippen LogP contribution in [0.2, 0.25) is 0 Å². The summed E-state index contributed by atoms with van der Waals surface area (Å²) in [4.78, 5) is 35.0. The SMILES string of the molecule is C=C1CCN2C(=O)/C3=C(\OCOP(=O)(O)O)COC/C=C\N3N([C@@H]3c4ccccc4SCc4c3ccc(F)c4F)[C@@H]2C1. The van der Waals surface area contributed by atoms with E-state index in [-0.39, 0.29) is 41.9 Å². The van der Waals surface area contributed by atoms with Gasteiger partial charge in [-0.1, -0.05) is 36.4 Å². The Morgan fingerprint density at radius 3 is 2.79 bits per heavy atom. The summed E-state index contributed by atoms with van der Waals surface area (Å²) in [7, 11) is -4.86. The molecule has 14 heteroatoms. The average molecular weight is 620 g/mol. The number of hydrazine groups is 1. The number of piperidine rings is 1. The summed E-state index contributed by atoms with van der Waals surface area (Å²) < 4.78 is 57.0. The first kappa shape index (κ1) is 29.1. The molecule has 2 aromatic carbocycles. The molecule has 0 aromatic heterocycles. The number of carbonyl (C=O) groups is 1. The highest BCUT2D eigenvalue weighted by atomic mass is 32.2. The maximum Gasteiger partial charge on any atom is 0.472 e. The molecule has 222 valence electrons. The van der Waals surface area contributed by atoms with E-state index in [4.69, 9.17) is 19.3 Å². The molecule has 0 aliphatic carbocycles. The first-order chi connectivity index (χ1) is 20.1. The second kappa shape index (κ2) is 11.6. The highest BCUT2D eigenvalue weighted by Gasteiger charge is 2.49. The van der Waals surface area contributed by atoms with E-state index >= 15 is 4.39 Å². The number of ether oxygens (including phenoxy) is 2. The fraction of sp³-hybridized carbons (Fsp3) is 0.321. The molecule has 0 spiro atoms. The van der Waals surface area contributed by atoms with Crippen molar-refractivity contribution in [1.29, 1.82) is 0 Å². The summed E-state index contributed by atoms with van der Waals surface area (Å²) >= 11 is 1.41. The van der Waals surface area contributed by atoms with Gasteiger partial charge in [0.15, 0.2) is 29.9 Å². The van der Waals surface area contributed by atoms with Gasteiger partial charge < -0.3 is 24.2 Å². The zero-order chi connectivity index (χ0) is 29.6. The van der Waals surface area contributed by atoms with Crippen LogP contribution in [0.5, 0.6) is 0 Å². The molecule has 4 aliphatic rings. The zero-order valence-corrected chi connectivity index (χ0v) is 24.0. The van der Waals surface area contributed by atoms with Gasteiger partial charge in [-0.15, -0.1) is 11.8 Å². The maximum atomic E-state index is 15.4. The molecule has 6 rings (SSSR count). The minimum atomic E-state index is -4.86. The highest BCUT2D eigenvalue weighted by molar-refractivity contribution is 7.98. The van der Waals surface area contributed by atoms with Gasteiger partial charge >= 0.3 is 7.82 Å². The first-order valence-electron chi connectivity index (χ1n) is 13.2. The first-order valence-corrected chi connectivity index (χ1v) is 15.7. The number of benzene rings is 2. The summed E-state index contributed by atoms with van der Waals surface area (Å²) in [5.41, 5.74) is 2.62. The number of nitrogens with zero attached hydrogens (tertiary/aromatic N) is 3. The lowest BCUT2D eigenvalue weighted by molar-refractivity contribution is -0.169. The van der Waals surface area contributed by atoms with Gasteiger partial charge in [-0.25, -0.2) is 17.9 Å². The van der Waals surface area contributed by atoms with Crippen molar-refractivity contribution in [3.63, 3.8) is 0 Å². The third-order valence-electron chi connectivity index (χ3n) is 7.57. The van der Waals surface area contributed by atoms with Gasteiger partial charge in [0.2, 0.25) is 0 Å². The summed E-state index contributed by atoms with van der Waals surface area (Å²) in [5, 5.41) is 3.59. The lowest BCUT2D eigenvalue weighted by Crippen LogP contribution is -2.65. The Morgan fingerprint density at radius 1 is 1.17 bits per heavy atom. The molecule has 10 nitrogen and oxygen atoms in total. The van der Waals surface area contributed by atoms with Crippen molar-refractivity contribution < 1.29 is 41.9 Å². The fourth-order valence-electron chi connectivity index (χ4n) is 5.72. The molecule has 0 saturated carbocycles. The maximum absolute atomic E-state index is 15.4. The molecule has 2 N–H and O–H groups in total. The van der Waals surface area contributed by atoms with Crippen molar-refractivity contribution in [1.82, 2.24) is 14.9 Å². The zero-order valence-electron chi connectivity index (χ0n) is 22.3. The third-order valence-corrected chi connectivity index (χ3v) is 9.13. The number of fused-ring (bicyclic) bond motifs is 4. The van der Waals surface area contributed by atoms with Crippen LogP contribution in [0.25, 0.3) is 0 Å². The molecule has 0 bridgehead atoms. The lowest BCUT2D eigenvalue weighted by atomic mass is 9.91. The smallest absolute Gasteiger partial charge is 0.466 e. The average Bonchev–Trinajstić information content (AvgIpc) is 3.09. The molecular formula is C28H28F2N3O7PS. The third kappa shape index (κ3) is 5.42. The van der Waals surface area contributed by atoms with Gasteiger partial charge in [-0.3, -0.25) is 9.80 Å². The molecule has 0 radical (unpaired) electrons. The number of phosphoric acid groups is 1. The number of rotatable bonds is 5. The molecule has 4 aliphatic heterocycles. The van der Waals surface area contributed by atoms with Gasteiger partial charge in [-0.05, 0) is 35.8 Å². The summed E-state index contributed by atoms with van der Waals surface area (Å²) in [6, 6.07) is 9.68. The number of hydrogen-bond acceptors (Lipinski definition) is 8. The highest BCUT2D eigenvalue weighted by Crippen LogP contribution is 2.48. The molecule has 2 atom stereocenters. The quantitative estimate of drug-likeness (QED) is 0.281. The van der Waals surface area contributed by atoms with Crippen molar-refractivity contribution in [3.05, 3.63) is 101 Å². The van der Waals surface area contributed by atoms with E-state index in [0.29, 0.717) is 24.9 Å². The Hall–Kier alpha value is -3.03. The van der Waals surface area contributed by atoms with Crippen LogP contribution >= 0.6 is 19.6 Å². The van der Waals surface area contributed by atoms with Crippen LogP contribution in [0.15, 0.2) is 77.2 Å². The van der Waals surface area contributed by atoms with Crippen LogP contribution < -0.4 is 0 Å². The summed E-state index contributed by atoms with van der Waals surface area (Å²) in [5.74, 6) is -2.02. The van der Waals surface area contributed by atoms with Crippen LogP contribution in [0, 0.1) is 11.6 Å². The minimum absolute atomic E-state index is 0.00689. The summed E-state index contributed by atoms with van der Waals surface area (Å²) in [6.07, 6.45) is 3.85. The van der Waals surface area contributed by atoms with Gasteiger partial charge in [0.1, 0.15) is 12.8 Å². The molecule has 2 aromatic rings. The fourth-order valence-corrected chi connectivity index (χ4v) is 7.02. The molecular weight excluding hydrogens is 591 g/mol. The van der Waals surface area contributed by atoms with E-state index in [1.54, 1.807) is 28.3 Å². The lowest BCUT2D eigenvalue weighted by Gasteiger charge is -2.55. The van der Waals surface area contributed by atoms with Crippen molar-refractivity contribution in [2.45, 2.75) is 35.7 Å². The van der Waals surface area contributed by atoms with Crippen LogP contribution in [0.1, 0.15) is 35.6 Å². The van der Waals surface area contributed by atoms with Crippen LogP contribution in [0.3, 0.4) is 0 Å². The minimum Gasteiger partial charge on any atom is -0.466 e. The van der Waals surface area contributed by atoms with Crippen LogP contribution in [-0.4, -0.2) is 63.3 Å². The second-order valence-corrected chi connectivity index (χ2v) is 12.4. The normalized spacial score (nSPS) is 25.4. The Labute approximate surface area is 245 Å². The van der Waals surface area contributed by atoms with Gasteiger partial charge in [0, 0.05) is 35.4 Å². The Balaban J connectivity index is 1.57. The van der Waals surface area contributed by atoms with E-state index in [9.17, 15) is 13.8 Å². The second-order valence-electron chi connectivity index (χ2n) is 10.1. The summed E-state index contributed by atoms with van der Waals surface area (Å²) in [6.45, 7) is 3.68. The van der Waals surface area contributed by atoms with Crippen LogP contribution in [-0.2, 0) is 29.1 Å². The Bertz CT molecular complexity index is 1550. The largest absolute Gasteiger partial charge is 0.472 e. The predicted octanol–water partition coefficient (Wildman–Crippen LogP) is 4.54. The number of hydrogen-bond donors (Lipinski definition) is 2. The Kier molecular flexibility index (Phi) is 8.01. The molecule has 42 heavy (non-hydrogen) atoms. The Morgan fingerprint density at radius 2 is 1.98 bits per heavy atom. The van der Waals surface area contributed by atoms with Crippen molar-refractivity contribution in [2.24, 2.45) is 0 Å². The van der Waals surface area contributed by atoms with Crippen molar-refractivity contribution in [3.8, 4) is 0 Å². The molecule has 4 heterocycles. The standard InChI is InChI=1S/C28H28F2N3O7PS/c1-17-9-11-31-24(13-17)33(32-10-4-12-38-14-22(27(32)28(31)34)39-16-40-41(35,36)37)26-18-7-8-21(29)25(30)20(18)15-42-23-6-3-2-5-19(23)26/h2-8,10,24,26H,1,9,11-16H2,(H2,35,36,37)/b10-4-,27-22+/t24-,26+/m1/s1. The molecule has 0 unspecified atom stereocenters. The van der Waals surface area contributed by atoms with E-state index in [0.717, 1.165) is 22.1 Å². The van der Waals surface area contributed by atoms with Gasteiger partial charge in [0.05, 0.1) is 12.6 Å². The van der Waals surface area contributed by atoms with Crippen LogP contribution in [0.4, 0.5) is 8.78 Å². The van der Waals surface area contributed by atoms with Gasteiger partial charge in [-0.2, -0.15) is 5.01 Å². The number of amides is 1. The topological polar surface area (TPSA) is 112 Å². The van der Waals surface area contributed by atoms with Gasteiger partial charge in [0.25, 0.3) is 5.91 Å². The number of thioether (sulfide) groups is 1. The number of carbonyl (C=O) groups excluding carboxylic acids is 1. The number of halogens is 2.